The van der Waals surface area contributed by atoms with Crippen molar-refractivity contribution in [2.45, 2.75) is 65.2 Å². The molecule has 1 aliphatic rings. The molecule has 0 bridgehead atoms. The van der Waals surface area contributed by atoms with Crippen LogP contribution in [0.4, 0.5) is 21.5 Å². The van der Waals surface area contributed by atoms with Gasteiger partial charge in [-0.05, 0) is 64.3 Å². The van der Waals surface area contributed by atoms with Crippen LogP contribution in [0.5, 0.6) is 0 Å². The summed E-state index contributed by atoms with van der Waals surface area (Å²) in [6.07, 6.45) is 5.27. The third-order valence-corrected chi connectivity index (χ3v) is 6.02. The summed E-state index contributed by atoms with van der Waals surface area (Å²) in [6, 6.07) is 7.23. The van der Waals surface area contributed by atoms with E-state index in [0.717, 1.165) is 37.7 Å². The first-order valence-electron chi connectivity index (χ1n) is 11.2. The van der Waals surface area contributed by atoms with Gasteiger partial charge in [-0.1, -0.05) is 40.0 Å². The molecule has 8 nitrogen and oxygen atoms in total. The Morgan fingerprint density at radius 3 is 2.45 bits per heavy atom. The first-order chi connectivity index (χ1) is 15.7. The quantitative estimate of drug-likeness (QED) is 0.326. The van der Waals surface area contributed by atoms with Gasteiger partial charge in [0.2, 0.25) is 11.4 Å². The molecular weight excluding hydrogens is 427 g/mol. The van der Waals surface area contributed by atoms with Gasteiger partial charge in [-0.2, -0.15) is 0 Å². The number of hydrogen-bond acceptors (Lipinski definition) is 6. The second-order valence-electron chi connectivity index (χ2n) is 9.83. The molecule has 0 radical (unpaired) electrons. The Morgan fingerprint density at radius 2 is 1.79 bits per heavy atom. The van der Waals surface area contributed by atoms with E-state index >= 15 is 0 Å². The molecule has 0 spiro atoms. The number of nitrogens with zero attached hydrogens (tertiary/aromatic N) is 4. The summed E-state index contributed by atoms with van der Waals surface area (Å²) in [5.74, 6) is -0.456. The lowest BCUT2D eigenvalue weighted by Crippen LogP contribution is -2.31. The van der Waals surface area contributed by atoms with Crippen molar-refractivity contribution < 1.29 is 18.7 Å². The molecule has 174 valence electrons. The summed E-state index contributed by atoms with van der Waals surface area (Å²) < 4.78 is 19.2. The Kier molecular flexibility index (Phi) is 6.14. The third-order valence-electron chi connectivity index (χ3n) is 6.02. The van der Waals surface area contributed by atoms with Crippen molar-refractivity contribution in [1.82, 2.24) is 10.3 Å². The van der Waals surface area contributed by atoms with Crippen molar-refractivity contribution in [3.63, 3.8) is 0 Å². The van der Waals surface area contributed by atoms with Gasteiger partial charge in [0, 0.05) is 12.5 Å². The van der Waals surface area contributed by atoms with Crippen molar-refractivity contribution in [2.24, 2.45) is 5.41 Å². The van der Waals surface area contributed by atoms with E-state index in [1.807, 2.05) is 20.8 Å². The number of fused-ring (bicyclic) bond motifs is 1. The van der Waals surface area contributed by atoms with Crippen LogP contribution in [0.25, 0.3) is 11.0 Å². The number of benzene rings is 2. The number of hydrogen-bond donors (Lipinski definition) is 0. The molecule has 0 N–H and O–H groups in total. The highest BCUT2D eigenvalue weighted by Crippen LogP contribution is 2.43. The Balaban J connectivity index is 1.93. The van der Waals surface area contributed by atoms with Crippen molar-refractivity contribution in [3.8, 4) is 0 Å². The molecule has 1 aromatic heterocycles. The minimum absolute atomic E-state index is 0.0348. The predicted molar refractivity (Wildman–Crippen MR) is 122 cm³/mol. The minimum atomic E-state index is -0.566. The number of non-ortho nitro benzene ring substituents is 1. The fourth-order valence-electron chi connectivity index (χ4n) is 4.57. The predicted octanol–water partition coefficient (Wildman–Crippen LogP) is 6.42. The monoisotopic (exact) mass is 454 g/mol. The van der Waals surface area contributed by atoms with Gasteiger partial charge >= 0.3 is 5.69 Å². The van der Waals surface area contributed by atoms with Crippen LogP contribution in [-0.4, -0.2) is 21.1 Å². The number of nitro benzene ring substituents is 1. The smallest absolute Gasteiger partial charge is 0.278 e. The molecule has 4 rings (SSSR count). The van der Waals surface area contributed by atoms with Gasteiger partial charge in [0.05, 0.1) is 16.3 Å². The maximum atomic E-state index is 14.4. The molecule has 1 fully saturated rings. The SMILES string of the molecule is CC(C)(C)CC(=O)N(c1ccc(F)cc1C1CCCCC1)c1ccc([N+](=O)[O-])c2nonc12. The normalized spacial score (nSPS) is 15.0. The van der Waals surface area contributed by atoms with Gasteiger partial charge in [0.15, 0.2) is 5.52 Å². The average molecular weight is 455 g/mol. The largest absolute Gasteiger partial charge is 0.300 e. The summed E-state index contributed by atoms with van der Waals surface area (Å²) in [7, 11) is 0. The van der Waals surface area contributed by atoms with Crippen LogP contribution in [0.2, 0.25) is 0 Å². The van der Waals surface area contributed by atoms with Gasteiger partial charge in [-0.25, -0.2) is 9.02 Å². The Morgan fingerprint density at radius 1 is 1.12 bits per heavy atom. The number of amides is 1. The van der Waals surface area contributed by atoms with Gasteiger partial charge in [0.25, 0.3) is 0 Å². The zero-order chi connectivity index (χ0) is 23.8. The third kappa shape index (κ3) is 4.72. The van der Waals surface area contributed by atoms with Crippen molar-refractivity contribution in [3.05, 3.63) is 51.8 Å². The fourth-order valence-corrected chi connectivity index (χ4v) is 4.57. The topological polar surface area (TPSA) is 102 Å². The lowest BCUT2D eigenvalue weighted by Gasteiger charge is -2.31. The first kappa shape index (κ1) is 22.8. The fraction of sp³-hybridized carbons (Fsp3) is 0.458. The number of anilines is 2. The lowest BCUT2D eigenvalue weighted by atomic mass is 9.83. The summed E-state index contributed by atoms with van der Waals surface area (Å²) in [4.78, 5) is 26.1. The number of rotatable bonds is 5. The van der Waals surface area contributed by atoms with Crippen LogP contribution in [0.3, 0.4) is 0 Å². The molecular formula is C24H27FN4O4. The second-order valence-corrected chi connectivity index (χ2v) is 9.83. The van der Waals surface area contributed by atoms with Crippen LogP contribution in [0.15, 0.2) is 35.0 Å². The Hall–Kier alpha value is -3.36. The van der Waals surface area contributed by atoms with Gasteiger partial charge in [-0.3, -0.25) is 19.8 Å². The molecule has 0 saturated heterocycles. The van der Waals surface area contributed by atoms with E-state index in [1.54, 1.807) is 6.07 Å². The van der Waals surface area contributed by atoms with Crippen LogP contribution in [-0.2, 0) is 4.79 Å². The molecule has 2 aromatic carbocycles. The van der Waals surface area contributed by atoms with E-state index in [9.17, 15) is 19.3 Å². The molecule has 0 unspecified atom stereocenters. The molecule has 1 amide bonds. The number of carbonyl (C=O) groups is 1. The van der Waals surface area contributed by atoms with Crippen molar-refractivity contribution in [2.75, 3.05) is 4.90 Å². The zero-order valence-electron chi connectivity index (χ0n) is 19.0. The van der Waals surface area contributed by atoms with E-state index in [-0.39, 0.29) is 46.2 Å². The molecule has 0 atom stereocenters. The summed E-state index contributed by atoms with van der Waals surface area (Å²) in [5, 5.41) is 19.1. The molecule has 3 aromatic rings. The zero-order valence-corrected chi connectivity index (χ0v) is 19.0. The van der Waals surface area contributed by atoms with E-state index in [1.165, 1.54) is 29.2 Å². The highest BCUT2D eigenvalue weighted by Gasteiger charge is 2.32. The standard InChI is InChI=1S/C24H27FN4O4/c1-24(2,3)14-21(30)28(19-11-12-20(29(31)32)23-22(19)26-33-27-23)18-10-9-16(25)13-17(18)15-7-5-4-6-8-15/h9-13,15H,4-8,14H2,1-3H3. The minimum Gasteiger partial charge on any atom is -0.278 e. The van der Waals surface area contributed by atoms with Crippen molar-refractivity contribution >= 4 is 34.0 Å². The van der Waals surface area contributed by atoms with Crippen LogP contribution in [0, 0.1) is 21.3 Å². The molecule has 9 heteroatoms. The van der Waals surface area contributed by atoms with Crippen molar-refractivity contribution in [1.29, 1.82) is 0 Å². The van der Waals surface area contributed by atoms with Gasteiger partial charge in [0.1, 0.15) is 5.82 Å². The summed E-state index contributed by atoms with van der Waals surface area (Å²) >= 11 is 0. The van der Waals surface area contributed by atoms with E-state index in [4.69, 9.17) is 4.63 Å². The highest BCUT2D eigenvalue weighted by atomic mass is 19.1. The first-order valence-corrected chi connectivity index (χ1v) is 11.2. The van der Waals surface area contributed by atoms with Crippen LogP contribution >= 0.6 is 0 Å². The molecule has 0 aliphatic heterocycles. The van der Waals surface area contributed by atoms with Crippen LogP contribution in [0.1, 0.15) is 70.8 Å². The molecule has 1 aliphatic carbocycles. The van der Waals surface area contributed by atoms with Gasteiger partial charge < -0.3 is 0 Å². The number of carbonyl (C=O) groups excluding carboxylic acids is 1. The maximum Gasteiger partial charge on any atom is 0.300 e. The molecule has 1 heterocycles. The molecule has 33 heavy (non-hydrogen) atoms. The van der Waals surface area contributed by atoms with E-state index in [0.29, 0.717) is 11.4 Å². The Labute approximate surface area is 190 Å². The molecule has 1 saturated carbocycles. The second kappa shape index (κ2) is 8.88. The van der Waals surface area contributed by atoms with Crippen LogP contribution < -0.4 is 4.90 Å². The van der Waals surface area contributed by atoms with E-state index in [2.05, 4.69) is 10.3 Å². The number of halogens is 1. The van der Waals surface area contributed by atoms with E-state index < -0.39 is 4.92 Å². The average Bonchev–Trinajstić information content (AvgIpc) is 3.24. The maximum absolute atomic E-state index is 14.4. The van der Waals surface area contributed by atoms with Gasteiger partial charge in [-0.15, -0.1) is 0 Å². The summed E-state index contributed by atoms with van der Waals surface area (Å²) in [5.41, 5.74) is 1.16. The number of nitro groups is 1. The summed E-state index contributed by atoms with van der Waals surface area (Å²) in [6.45, 7) is 5.87. The number of aromatic nitrogens is 2. The highest BCUT2D eigenvalue weighted by molar-refractivity contribution is 6.08. The lowest BCUT2D eigenvalue weighted by molar-refractivity contribution is -0.383. The Bertz CT molecular complexity index is 1190.